The van der Waals surface area contributed by atoms with Gasteiger partial charge in [-0.1, -0.05) is 74.7 Å². The average molecular weight is 470 g/mol. The van der Waals surface area contributed by atoms with Crippen molar-refractivity contribution < 1.29 is 14.2 Å². The normalized spacial score (nSPS) is 16.1. The van der Waals surface area contributed by atoms with Gasteiger partial charge >= 0.3 is 0 Å². The second-order valence-corrected chi connectivity index (χ2v) is 9.30. The molecule has 1 saturated carbocycles. The maximum Gasteiger partial charge on any atom is 0.231 e. The lowest BCUT2D eigenvalue weighted by atomic mass is 9.88. The van der Waals surface area contributed by atoms with Gasteiger partial charge in [0.1, 0.15) is 12.4 Å². The van der Waals surface area contributed by atoms with E-state index in [1.807, 2.05) is 6.07 Å². The van der Waals surface area contributed by atoms with E-state index < -0.39 is 0 Å². The van der Waals surface area contributed by atoms with Gasteiger partial charge in [0.2, 0.25) is 6.79 Å². The molecule has 3 aromatic rings. The van der Waals surface area contributed by atoms with Crippen LogP contribution >= 0.6 is 0 Å². The first-order valence-corrected chi connectivity index (χ1v) is 13.0. The summed E-state index contributed by atoms with van der Waals surface area (Å²) in [6, 6.07) is 26.0. The number of fused-ring (bicyclic) bond motifs is 1. The number of hydrogen-bond acceptors (Lipinski definition) is 4. The first-order valence-electron chi connectivity index (χ1n) is 13.0. The lowest BCUT2D eigenvalue weighted by molar-refractivity contribution is 0.174. The molecule has 3 aromatic carbocycles. The van der Waals surface area contributed by atoms with Crippen LogP contribution in [-0.2, 0) is 0 Å². The van der Waals surface area contributed by atoms with Gasteiger partial charge in [0.15, 0.2) is 11.5 Å². The molecule has 0 unspecified atom stereocenters. The standard InChI is InChI=1S/C31H35NO3/c1-2-28(25-15-18-29-30(21-25)35-22-34-29)31(23-9-5-3-6-10-23)24-13-16-27(17-14-24)33-20-19-32-26-11-7-4-8-12-26/h3,5-6,9-10,13-18,21,26,32H,2,4,7-8,11-12,19-20,22H2,1H3. The molecule has 5 rings (SSSR count). The van der Waals surface area contributed by atoms with Gasteiger partial charge in [0.25, 0.3) is 0 Å². The Labute approximate surface area is 208 Å². The molecule has 35 heavy (non-hydrogen) atoms. The third-order valence-electron chi connectivity index (χ3n) is 6.99. The van der Waals surface area contributed by atoms with Gasteiger partial charge in [-0.05, 0) is 71.4 Å². The van der Waals surface area contributed by atoms with E-state index in [9.17, 15) is 0 Å². The molecule has 0 bridgehead atoms. The van der Waals surface area contributed by atoms with Crippen molar-refractivity contribution in [2.75, 3.05) is 19.9 Å². The lowest BCUT2D eigenvalue weighted by Gasteiger charge is -2.22. The van der Waals surface area contributed by atoms with Crippen LogP contribution in [0.4, 0.5) is 0 Å². The Bertz CT molecular complexity index is 1130. The van der Waals surface area contributed by atoms with Crippen LogP contribution in [0.3, 0.4) is 0 Å². The molecule has 1 aliphatic carbocycles. The zero-order valence-electron chi connectivity index (χ0n) is 20.6. The number of hydrogen-bond donors (Lipinski definition) is 1. The summed E-state index contributed by atoms with van der Waals surface area (Å²) in [6.07, 6.45) is 7.58. The van der Waals surface area contributed by atoms with E-state index >= 15 is 0 Å². The average Bonchev–Trinajstić information content (AvgIpc) is 3.39. The van der Waals surface area contributed by atoms with Crippen molar-refractivity contribution >= 4 is 11.1 Å². The Hall–Kier alpha value is -3.24. The van der Waals surface area contributed by atoms with Gasteiger partial charge < -0.3 is 19.5 Å². The minimum Gasteiger partial charge on any atom is -0.492 e. The SMILES string of the molecule is CCC(=C(c1ccccc1)c1ccc(OCCNC2CCCCC2)cc1)c1ccc2c(c1)OCO2. The number of allylic oxidation sites excluding steroid dienone is 1. The molecule has 4 nitrogen and oxygen atoms in total. The van der Waals surface area contributed by atoms with Crippen molar-refractivity contribution in [1.29, 1.82) is 0 Å². The Balaban J connectivity index is 1.36. The van der Waals surface area contributed by atoms with Gasteiger partial charge in [-0.2, -0.15) is 0 Å². The molecule has 0 aromatic heterocycles. The number of benzene rings is 3. The molecule has 4 heteroatoms. The van der Waals surface area contributed by atoms with Crippen molar-refractivity contribution in [2.45, 2.75) is 51.5 Å². The van der Waals surface area contributed by atoms with Crippen molar-refractivity contribution in [1.82, 2.24) is 5.32 Å². The monoisotopic (exact) mass is 469 g/mol. The zero-order valence-corrected chi connectivity index (χ0v) is 20.6. The van der Waals surface area contributed by atoms with E-state index in [-0.39, 0.29) is 6.79 Å². The Morgan fingerprint density at radius 1 is 0.829 bits per heavy atom. The highest BCUT2D eigenvalue weighted by atomic mass is 16.7. The fourth-order valence-electron chi connectivity index (χ4n) is 5.19. The van der Waals surface area contributed by atoms with Crippen LogP contribution in [0.1, 0.15) is 62.1 Å². The van der Waals surface area contributed by atoms with Crippen molar-refractivity contribution in [3.8, 4) is 17.2 Å². The maximum absolute atomic E-state index is 6.05. The molecule has 0 amide bonds. The second-order valence-electron chi connectivity index (χ2n) is 9.30. The summed E-state index contributed by atoms with van der Waals surface area (Å²) in [6.45, 7) is 4.08. The van der Waals surface area contributed by atoms with Crippen LogP contribution in [0.5, 0.6) is 17.2 Å². The first kappa shape index (κ1) is 23.5. The molecule has 0 spiro atoms. The van der Waals surface area contributed by atoms with E-state index in [1.54, 1.807) is 0 Å². The maximum atomic E-state index is 6.05. The molecule has 1 aliphatic heterocycles. The van der Waals surface area contributed by atoms with Gasteiger partial charge in [0, 0.05) is 12.6 Å². The summed E-state index contributed by atoms with van der Waals surface area (Å²) in [5, 5.41) is 3.65. The predicted molar refractivity (Wildman–Crippen MR) is 142 cm³/mol. The third kappa shape index (κ3) is 5.71. The summed E-state index contributed by atoms with van der Waals surface area (Å²) in [5.74, 6) is 2.53. The summed E-state index contributed by atoms with van der Waals surface area (Å²) in [4.78, 5) is 0. The zero-order chi connectivity index (χ0) is 23.9. The molecule has 1 heterocycles. The summed E-state index contributed by atoms with van der Waals surface area (Å²) < 4.78 is 17.2. The number of rotatable bonds is 9. The van der Waals surface area contributed by atoms with E-state index in [0.29, 0.717) is 12.6 Å². The van der Waals surface area contributed by atoms with E-state index in [1.165, 1.54) is 54.4 Å². The highest BCUT2D eigenvalue weighted by molar-refractivity contribution is 5.98. The van der Waals surface area contributed by atoms with Crippen molar-refractivity contribution in [3.63, 3.8) is 0 Å². The molecular weight excluding hydrogens is 434 g/mol. The van der Waals surface area contributed by atoms with Crippen LogP contribution < -0.4 is 19.5 Å². The van der Waals surface area contributed by atoms with Crippen LogP contribution in [0.15, 0.2) is 72.8 Å². The first-order chi connectivity index (χ1) is 17.3. The minimum atomic E-state index is 0.285. The topological polar surface area (TPSA) is 39.7 Å². The number of ether oxygens (including phenoxy) is 3. The third-order valence-corrected chi connectivity index (χ3v) is 6.99. The summed E-state index contributed by atoms with van der Waals surface area (Å²) in [5.41, 5.74) is 6.05. The second kappa shape index (κ2) is 11.5. The van der Waals surface area contributed by atoms with Crippen LogP contribution in [0.2, 0.25) is 0 Å². The van der Waals surface area contributed by atoms with Gasteiger partial charge in [-0.25, -0.2) is 0 Å². The van der Waals surface area contributed by atoms with Crippen molar-refractivity contribution in [3.05, 3.63) is 89.5 Å². The molecule has 1 fully saturated rings. The Kier molecular flexibility index (Phi) is 7.69. The molecule has 2 aliphatic rings. The largest absolute Gasteiger partial charge is 0.492 e. The molecule has 182 valence electrons. The highest BCUT2D eigenvalue weighted by Crippen LogP contribution is 2.39. The summed E-state index contributed by atoms with van der Waals surface area (Å²) in [7, 11) is 0. The van der Waals surface area contributed by atoms with Gasteiger partial charge in [-0.3, -0.25) is 0 Å². The highest BCUT2D eigenvalue weighted by Gasteiger charge is 2.18. The lowest BCUT2D eigenvalue weighted by Crippen LogP contribution is -2.34. The molecule has 1 N–H and O–H groups in total. The Morgan fingerprint density at radius 3 is 2.31 bits per heavy atom. The van der Waals surface area contributed by atoms with E-state index in [2.05, 4.69) is 79.0 Å². The van der Waals surface area contributed by atoms with E-state index in [4.69, 9.17) is 14.2 Å². The molecule has 0 radical (unpaired) electrons. The molecule has 0 atom stereocenters. The van der Waals surface area contributed by atoms with Crippen LogP contribution in [0.25, 0.3) is 11.1 Å². The predicted octanol–water partition coefficient (Wildman–Crippen LogP) is 7.09. The smallest absolute Gasteiger partial charge is 0.231 e. The number of nitrogens with one attached hydrogen (secondary N) is 1. The quantitative estimate of drug-likeness (QED) is 0.268. The fraction of sp³-hybridized carbons (Fsp3) is 0.355. The van der Waals surface area contributed by atoms with Crippen LogP contribution in [0, 0.1) is 0 Å². The fourth-order valence-corrected chi connectivity index (χ4v) is 5.19. The van der Waals surface area contributed by atoms with Gasteiger partial charge in [0.05, 0.1) is 0 Å². The summed E-state index contributed by atoms with van der Waals surface area (Å²) >= 11 is 0. The van der Waals surface area contributed by atoms with Crippen molar-refractivity contribution in [2.24, 2.45) is 0 Å². The Morgan fingerprint density at radius 2 is 1.54 bits per heavy atom. The van der Waals surface area contributed by atoms with Gasteiger partial charge in [-0.15, -0.1) is 0 Å². The van der Waals surface area contributed by atoms with Crippen LogP contribution in [-0.4, -0.2) is 26.0 Å². The minimum absolute atomic E-state index is 0.285. The molecule has 0 saturated heterocycles. The van der Waals surface area contributed by atoms with E-state index in [0.717, 1.165) is 35.8 Å². The molecular formula is C31H35NO3.